The maximum absolute atomic E-state index is 12.9. The van der Waals surface area contributed by atoms with E-state index in [4.69, 9.17) is 16.3 Å². The maximum Gasteiger partial charge on any atom is 0.251 e. The second-order valence-corrected chi connectivity index (χ2v) is 9.27. The molecule has 1 amide bonds. The molecule has 170 valence electrons. The van der Waals surface area contributed by atoms with Crippen LogP contribution in [-0.2, 0) is 16.6 Å². The Bertz CT molecular complexity index is 977. The highest BCUT2D eigenvalue weighted by Crippen LogP contribution is 2.25. The van der Waals surface area contributed by atoms with Crippen LogP contribution in [0.25, 0.3) is 0 Å². The Morgan fingerprint density at radius 3 is 2.35 bits per heavy atom. The maximum atomic E-state index is 12.9. The van der Waals surface area contributed by atoms with Gasteiger partial charge >= 0.3 is 0 Å². The Hall–Kier alpha value is -2.13. The number of nitrogens with one attached hydrogen (secondary N) is 2. The summed E-state index contributed by atoms with van der Waals surface area (Å²) in [7, 11) is -2.53. The first-order valence-corrected chi connectivity index (χ1v) is 12.0. The number of ether oxygens (including phenoxy) is 1. The zero-order valence-corrected chi connectivity index (χ0v) is 19.9. The Labute approximate surface area is 189 Å². The average molecular weight is 468 g/mol. The highest BCUT2D eigenvalue weighted by molar-refractivity contribution is 7.89. The fourth-order valence-corrected chi connectivity index (χ4v) is 4.54. The van der Waals surface area contributed by atoms with Crippen LogP contribution >= 0.6 is 11.6 Å². The summed E-state index contributed by atoms with van der Waals surface area (Å²) in [5.41, 5.74) is 1.01. The lowest BCUT2D eigenvalue weighted by Gasteiger charge is -2.26. The van der Waals surface area contributed by atoms with Crippen LogP contribution in [0.5, 0.6) is 5.75 Å². The highest BCUT2D eigenvalue weighted by atomic mass is 35.5. The van der Waals surface area contributed by atoms with Crippen LogP contribution in [-0.4, -0.2) is 52.0 Å². The van der Waals surface area contributed by atoms with Gasteiger partial charge in [0.25, 0.3) is 5.91 Å². The van der Waals surface area contributed by atoms with Gasteiger partial charge in [-0.25, -0.2) is 13.1 Å². The molecule has 0 heterocycles. The molecule has 0 saturated heterocycles. The van der Waals surface area contributed by atoms with Gasteiger partial charge < -0.3 is 10.1 Å². The average Bonchev–Trinajstić information content (AvgIpc) is 2.77. The highest BCUT2D eigenvalue weighted by Gasteiger charge is 2.22. The summed E-state index contributed by atoms with van der Waals surface area (Å²) in [4.78, 5) is 14.8. The molecule has 1 atom stereocenters. The number of hydrogen-bond donors (Lipinski definition) is 2. The molecule has 0 saturated carbocycles. The number of carbonyl (C=O) groups excluding carboxylic acids is 1. The minimum absolute atomic E-state index is 0.0838. The zero-order chi connectivity index (χ0) is 23.0. The van der Waals surface area contributed by atoms with Crippen molar-refractivity contribution in [2.24, 2.45) is 0 Å². The van der Waals surface area contributed by atoms with Gasteiger partial charge in [-0.3, -0.25) is 9.69 Å². The van der Waals surface area contributed by atoms with Crippen molar-refractivity contribution in [3.63, 3.8) is 0 Å². The molecule has 0 aromatic heterocycles. The number of likely N-dealkylation sites (N-methyl/N-ethyl adjacent to an activating group) is 1. The molecule has 0 aliphatic carbocycles. The predicted molar refractivity (Wildman–Crippen MR) is 123 cm³/mol. The minimum atomic E-state index is -3.92. The number of rotatable bonds is 11. The summed E-state index contributed by atoms with van der Waals surface area (Å²) in [5, 5.41) is 3.45. The first kappa shape index (κ1) is 25.1. The van der Waals surface area contributed by atoms with E-state index in [9.17, 15) is 13.2 Å². The molecule has 0 bridgehead atoms. The number of hydrogen-bond acceptors (Lipinski definition) is 5. The van der Waals surface area contributed by atoms with Gasteiger partial charge in [-0.15, -0.1) is 0 Å². The number of carbonyl (C=O) groups is 1. The molecule has 2 aromatic rings. The van der Waals surface area contributed by atoms with Gasteiger partial charge in [0, 0.05) is 29.7 Å². The Balaban J connectivity index is 2.16. The molecule has 2 aromatic carbocycles. The summed E-state index contributed by atoms with van der Waals surface area (Å²) < 4.78 is 33.6. The SMILES string of the molecule is CCN(CC)C(C)CNC(=O)c1ccc(OC)c(S(=O)(=O)NCc2ccc(Cl)cc2)c1. The number of halogens is 1. The summed E-state index contributed by atoms with van der Waals surface area (Å²) in [6, 6.07) is 11.4. The van der Waals surface area contributed by atoms with Crippen molar-refractivity contribution < 1.29 is 17.9 Å². The summed E-state index contributed by atoms with van der Waals surface area (Å²) in [5.74, 6) is -0.174. The van der Waals surface area contributed by atoms with Gasteiger partial charge in [0.15, 0.2) is 0 Å². The number of methoxy groups -OCH3 is 1. The fourth-order valence-electron chi connectivity index (χ4n) is 3.20. The van der Waals surface area contributed by atoms with Crippen molar-refractivity contribution in [3.05, 3.63) is 58.6 Å². The third-order valence-corrected chi connectivity index (χ3v) is 6.76. The standard InChI is InChI=1S/C22H30ClN3O4S/c1-5-26(6-2)16(3)14-24-22(27)18-9-12-20(30-4)21(13-18)31(28,29)25-15-17-7-10-19(23)11-8-17/h7-13,16,25H,5-6,14-15H2,1-4H3,(H,24,27). The normalized spacial score (nSPS) is 12.6. The van der Waals surface area contributed by atoms with Crippen LogP contribution in [0.4, 0.5) is 0 Å². The molecule has 1 unspecified atom stereocenters. The molecule has 0 aliphatic rings. The van der Waals surface area contributed by atoms with Crippen molar-refractivity contribution in [2.45, 2.75) is 38.3 Å². The van der Waals surface area contributed by atoms with Gasteiger partial charge in [0.05, 0.1) is 7.11 Å². The van der Waals surface area contributed by atoms with E-state index < -0.39 is 10.0 Å². The molecule has 2 rings (SSSR count). The number of amides is 1. The van der Waals surface area contributed by atoms with E-state index >= 15 is 0 Å². The van der Waals surface area contributed by atoms with Crippen molar-refractivity contribution >= 4 is 27.5 Å². The number of sulfonamides is 1. The summed E-state index contributed by atoms with van der Waals surface area (Å²) in [6.45, 7) is 8.50. The largest absolute Gasteiger partial charge is 0.495 e. The molecule has 0 radical (unpaired) electrons. The van der Waals surface area contributed by atoms with E-state index in [-0.39, 0.29) is 34.7 Å². The van der Waals surface area contributed by atoms with E-state index in [0.717, 1.165) is 18.7 Å². The Morgan fingerprint density at radius 1 is 1.13 bits per heavy atom. The van der Waals surface area contributed by atoms with Gasteiger partial charge in [0.1, 0.15) is 10.6 Å². The van der Waals surface area contributed by atoms with Crippen molar-refractivity contribution in [2.75, 3.05) is 26.7 Å². The number of benzene rings is 2. The predicted octanol–water partition coefficient (Wildman–Crippen LogP) is 3.29. The lowest BCUT2D eigenvalue weighted by molar-refractivity contribution is 0.0937. The molecule has 0 aliphatic heterocycles. The first-order valence-electron chi connectivity index (χ1n) is 10.2. The van der Waals surface area contributed by atoms with Crippen LogP contribution in [0.3, 0.4) is 0 Å². The monoisotopic (exact) mass is 467 g/mol. The number of nitrogens with zero attached hydrogens (tertiary/aromatic N) is 1. The third-order valence-electron chi connectivity index (χ3n) is 5.09. The zero-order valence-electron chi connectivity index (χ0n) is 18.3. The lowest BCUT2D eigenvalue weighted by Crippen LogP contribution is -2.42. The molecule has 31 heavy (non-hydrogen) atoms. The molecule has 9 heteroatoms. The van der Waals surface area contributed by atoms with Crippen molar-refractivity contribution in [3.8, 4) is 5.75 Å². The van der Waals surface area contributed by atoms with E-state index in [1.807, 2.05) is 6.92 Å². The van der Waals surface area contributed by atoms with E-state index in [0.29, 0.717) is 11.6 Å². The first-order chi connectivity index (χ1) is 14.7. The van der Waals surface area contributed by atoms with Crippen LogP contribution in [0, 0.1) is 0 Å². The van der Waals surface area contributed by atoms with E-state index in [1.165, 1.54) is 19.2 Å². The Morgan fingerprint density at radius 2 is 1.77 bits per heavy atom. The lowest BCUT2D eigenvalue weighted by atomic mass is 10.2. The fraction of sp³-hybridized carbons (Fsp3) is 0.409. The van der Waals surface area contributed by atoms with Gasteiger partial charge in [0.2, 0.25) is 10.0 Å². The molecule has 7 nitrogen and oxygen atoms in total. The summed E-state index contributed by atoms with van der Waals surface area (Å²) in [6.07, 6.45) is 0. The second-order valence-electron chi connectivity index (χ2n) is 7.10. The minimum Gasteiger partial charge on any atom is -0.495 e. The van der Waals surface area contributed by atoms with Crippen LogP contribution in [0.2, 0.25) is 5.02 Å². The van der Waals surface area contributed by atoms with E-state index in [2.05, 4.69) is 28.8 Å². The van der Waals surface area contributed by atoms with Crippen LogP contribution in [0.15, 0.2) is 47.4 Å². The van der Waals surface area contributed by atoms with Crippen LogP contribution in [0.1, 0.15) is 36.7 Å². The van der Waals surface area contributed by atoms with Crippen molar-refractivity contribution in [1.82, 2.24) is 14.9 Å². The van der Waals surface area contributed by atoms with Crippen LogP contribution < -0.4 is 14.8 Å². The molecular weight excluding hydrogens is 438 g/mol. The van der Waals surface area contributed by atoms with Gasteiger partial charge in [-0.1, -0.05) is 37.6 Å². The smallest absolute Gasteiger partial charge is 0.251 e. The second kappa shape index (κ2) is 11.5. The van der Waals surface area contributed by atoms with Crippen molar-refractivity contribution in [1.29, 1.82) is 0 Å². The third kappa shape index (κ3) is 6.93. The van der Waals surface area contributed by atoms with Gasteiger partial charge in [-0.2, -0.15) is 0 Å². The quantitative estimate of drug-likeness (QED) is 0.529. The topological polar surface area (TPSA) is 87.7 Å². The van der Waals surface area contributed by atoms with Gasteiger partial charge in [-0.05, 0) is 55.9 Å². The summed E-state index contributed by atoms with van der Waals surface area (Å²) >= 11 is 5.87. The molecule has 2 N–H and O–H groups in total. The van der Waals surface area contributed by atoms with E-state index in [1.54, 1.807) is 30.3 Å². The Kier molecular flexibility index (Phi) is 9.31. The molecular formula is C22H30ClN3O4S. The molecule has 0 fully saturated rings. The molecule has 0 spiro atoms.